The quantitative estimate of drug-likeness (QED) is 0.698. The van der Waals surface area contributed by atoms with Gasteiger partial charge in [-0.2, -0.15) is 5.26 Å². The standard InChI is InChI=1S/C22H30N4O/c1-25(2)22(19-8-12-21(27-4)13-9-19)17-24-16-18-6-10-20(11-7-18)26(3)15-5-14-23/h6-13,22,24H,5,15-17H2,1-4H3. The van der Waals surface area contributed by atoms with Crippen molar-refractivity contribution >= 4 is 5.69 Å². The summed E-state index contributed by atoms with van der Waals surface area (Å²) in [4.78, 5) is 4.33. The van der Waals surface area contributed by atoms with Gasteiger partial charge in [0, 0.05) is 38.4 Å². The maximum absolute atomic E-state index is 8.70. The van der Waals surface area contributed by atoms with E-state index in [0.717, 1.165) is 31.1 Å². The van der Waals surface area contributed by atoms with E-state index in [2.05, 4.69) is 71.7 Å². The minimum atomic E-state index is 0.298. The molecule has 1 unspecified atom stereocenters. The Morgan fingerprint density at radius 2 is 1.70 bits per heavy atom. The van der Waals surface area contributed by atoms with Crippen LogP contribution < -0.4 is 15.0 Å². The van der Waals surface area contributed by atoms with E-state index in [9.17, 15) is 0 Å². The fraction of sp³-hybridized carbons (Fsp3) is 0.409. The van der Waals surface area contributed by atoms with Crippen molar-refractivity contribution in [3.63, 3.8) is 0 Å². The van der Waals surface area contributed by atoms with Crippen LogP contribution in [0.25, 0.3) is 0 Å². The summed E-state index contributed by atoms with van der Waals surface area (Å²) < 4.78 is 5.25. The van der Waals surface area contributed by atoms with Gasteiger partial charge in [0.1, 0.15) is 5.75 Å². The molecule has 0 bridgehead atoms. The lowest BCUT2D eigenvalue weighted by atomic mass is 10.1. The third kappa shape index (κ3) is 6.28. The van der Waals surface area contributed by atoms with Crippen molar-refractivity contribution in [1.82, 2.24) is 10.2 Å². The van der Waals surface area contributed by atoms with Crippen molar-refractivity contribution in [3.05, 3.63) is 59.7 Å². The van der Waals surface area contributed by atoms with Crippen molar-refractivity contribution in [2.24, 2.45) is 0 Å². The number of anilines is 1. The van der Waals surface area contributed by atoms with E-state index in [1.54, 1.807) is 7.11 Å². The van der Waals surface area contributed by atoms with Crippen LogP contribution in [0, 0.1) is 11.3 Å². The predicted molar refractivity (Wildman–Crippen MR) is 111 cm³/mol. The maximum atomic E-state index is 8.70. The van der Waals surface area contributed by atoms with Crippen molar-refractivity contribution in [1.29, 1.82) is 5.26 Å². The fourth-order valence-electron chi connectivity index (χ4n) is 2.99. The van der Waals surface area contributed by atoms with E-state index in [1.807, 2.05) is 19.2 Å². The molecule has 2 aromatic carbocycles. The first-order valence-electron chi connectivity index (χ1n) is 9.23. The summed E-state index contributed by atoms with van der Waals surface area (Å²) in [5, 5.41) is 12.3. The van der Waals surface area contributed by atoms with Gasteiger partial charge < -0.3 is 19.9 Å². The fourth-order valence-corrected chi connectivity index (χ4v) is 2.99. The van der Waals surface area contributed by atoms with Gasteiger partial charge in [0.25, 0.3) is 0 Å². The van der Waals surface area contributed by atoms with Gasteiger partial charge in [0.2, 0.25) is 0 Å². The number of nitriles is 1. The minimum Gasteiger partial charge on any atom is -0.497 e. The van der Waals surface area contributed by atoms with E-state index in [0.29, 0.717) is 12.5 Å². The second-order valence-corrected chi connectivity index (χ2v) is 6.88. The van der Waals surface area contributed by atoms with Crippen LogP contribution in [0.1, 0.15) is 23.6 Å². The van der Waals surface area contributed by atoms with Gasteiger partial charge in [0.15, 0.2) is 0 Å². The van der Waals surface area contributed by atoms with Gasteiger partial charge in [-0.25, -0.2) is 0 Å². The summed E-state index contributed by atoms with van der Waals surface area (Å²) in [5.41, 5.74) is 3.65. The average Bonchev–Trinajstić information content (AvgIpc) is 2.69. The summed E-state index contributed by atoms with van der Waals surface area (Å²) >= 11 is 0. The highest BCUT2D eigenvalue weighted by Crippen LogP contribution is 2.21. The topological polar surface area (TPSA) is 51.5 Å². The van der Waals surface area contributed by atoms with Crippen LogP contribution in [0.2, 0.25) is 0 Å². The molecule has 0 aromatic heterocycles. The highest BCUT2D eigenvalue weighted by Gasteiger charge is 2.13. The Kier molecular flexibility index (Phi) is 8.12. The normalized spacial score (nSPS) is 11.9. The number of nitrogens with zero attached hydrogens (tertiary/aromatic N) is 3. The molecule has 0 saturated carbocycles. The molecule has 27 heavy (non-hydrogen) atoms. The molecule has 0 aliphatic rings. The van der Waals surface area contributed by atoms with Crippen LogP contribution in [0.5, 0.6) is 5.75 Å². The molecule has 0 heterocycles. The molecule has 0 aliphatic carbocycles. The lowest BCUT2D eigenvalue weighted by Crippen LogP contribution is -2.30. The Morgan fingerprint density at radius 3 is 2.26 bits per heavy atom. The number of ether oxygens (including phenoxy) is 1. The SMILES string of the molecule is COc1ccc(C(CNCc2ccc(N(C)CCC#N)cc2)N(C)C)cc1. The van der Waals surface area contributed by atoms with Crippen LogP contribution in [0.4, 0.5) is 5.69 Å². The molecule has 0 amide bonds. The molecular weight excluding hydrogens is 336 g/mol. The minimum absolute atomic E-state index is 0.298. The third-order valence-electron chi connectivity index (χ3n) is 4.73. The molecule has 0 radical (unpaired) electrons. The van der Waals surface area contributed by atoms with Gasteiger partial charge in [-0.05, 0) is 49.5 Å². The monoisotopic (exact) mass is 366 g/mol. The first-order chi connectivity index (χ1) is 13.0. The lowest BCUT2D eigenvalue weighted by molar-refractivity contribution is 0.288. The zero-order chi connectivity index (χ0) is 19.6. The Morgan fingerprint density at radius 1 is 1.04 bits per heavy atom. The molecule has 2 rings (SSSR count). The molecule has 0 aliphatic heterocycles. The Hall–Kier alpha value is -2.55. The van der Waals surface area contributed by atoms with Crippen molar-refractivity contribution in [2.75, 3.05) is 46.2 Å². The second-order valence-electron chi connectivity index (χ2n) is 6.88. The van der Waals surface area contributed by atoms with E-state index in [1.165, 1.54) is 11.1 Å². The van der Waals surface area contributed by atoms with Crippen molar-refractivity contribution in [3.8, 4) is 11.8 Å². The van der Waals surface area contributed by atoms with Crippen molar-refractivity contribution in [2.45, 2.75) is 19.0 Å². The molecule has 2 aromatic rings. The van der Waals surface area contributed by atoms with Crippen LogP contribution in [0.3, 0.4) is 0 Å². The summed E-state index contributed by atoms with van der Waals surface area (Å²) in [6.07, 6.45) is 0.539. The van der Waals surface area contributed by atoms with Crippen LogP contribution in [0.15, 0.2) is 48.5 Å². The van der Waals surface area contributed by atoms with E-state index in [4.69, 9.17) is 10.00 Å². The molecule has 0 saturated heterocycles. The van der Waals surface area contributed by atoms with Gasteiger partial charge >= 0.3 is 0 Å². The number of likely N-dealkylation sites (N-methyl/N-ethyl adjacent to an activating group) is 1. The number of nitrogens with one attached hydrogen (secondary N) is 1. The summed E-state index contributed by atoms with van der Waals surface area (Å²) in [5.74, 6) is 0.879. The number of hydrogen-bond acceptors (Lipinski definition) is 5. The van der Waals surface area contributed by atoms with Crippen LogP contribution >= 0.6 is 0 Å². The molecule has 0 fully saturated rings. The van der Waals surface area contributed by atoms with Gasteiger partial charge in [-0.3, -0.25) is 0 Å². The summed E-state index contributed by atoms with van der Waals surface area (Å²) in [6.45, 7) is 2.44. The zero-order valence-corrected chi connectivity index (χ0v) is 16.8. The van der Waals surface area contributed by atoms with E-state index in [-0.39, 0.29) is 0 Å². The second kappa shape index (κ2) is 10.6. The van der Waals surface area contributed by atoms with Gasteiger partial charge in [-0.1, -0.05) is 24.3 Å². The Labute approximate surface area is 163 Å². The molecule has 144 valence electrons. The molecular formula is C22H30N4O. The molecule has 1 atom stereocenters. The van der Waals surface area contributed by atoms with E-state index >= 15 is 0 Å². The van der Waals surface area contributed by atoms with Crippen LogP contribution in [-0.4, -0.2) is 46.2 Å². The Bertz CT molecular complexity index is 719. The number of methoxy groups -OCH3 is 1. The molecule has 0 spiro atoms. The largest absolute Gasteiger partial charge is 0.497 e. The Balaban J connectivity index is 1.90. The summed E-state index contributed by atoms with van der Waals surface area (Å²) in [7, 11) is 7.90. The maximum Gasteiger partial charge on any atom is 0.118 e. The van der Waals surface area contributed by atoms with Gasteiger partial charge in [0.05, 0.1) is 19.6 Å². The molecule has 1 N–H and O–H groups in total. The lowest BCUT2D eigenvalue weighted by Gasteiger charge is -2.25. The molecule has 5 heteroatoms. The third-order valence-corrected chi connectivity index (χ3v) is 4.73. The first kappa shape index (κ1) is 20.8. The highest BCUT2D eigenvalue weighted by atomic mass is 16.5. The average molecular weight is 367 g/mol. The predicted octanol–water partition coefficient (Wildman–Crippen LogP) is 3.44. The summed E-state index contributed by atoms with van der Waals surface area (Å²) in [6, 6.07) is 19.3. The van der Waals surface area contributed by atoms with Gasteiger partial charge in [-0.15, -0.1) is 0 Å². The smallest absolute Gasteiger partial charge is 0.118 e. The van der Waals surface area contributed by atoms with Crippen LogP contribution in [-0.2, 0) is 6.54 Å². The highest BCUT2D eigenvalue weighted by molar-refractivity contribution is 5.46. The molecule has 5 nitrogen and oxygen atoms in total. The van der Waals surface area contributed by atoms with E-state index < -0.39 is 0 Å². The number of rotatable bonds is 10. The number of benzene rings is 2. The van der Waals surface area contributed by atoms with Crippen molar-refractivity contribution < 1.29 is 4.74 Å². The zero-order valence-electron chi connectivity index (χ0n) is 16.8. The number of hydrogen-bond donors (Lipinski definition) is 1. The first-order valence-corrected chi connectivity index (χ1v) is 9.23.